The zero-order chi connectivity index (χ0) is 39.5. The Labute approximate surface area is 397 Å². The first-order chi connectivity index (χ1) is 26.2. The first-order valence-corrected chi connectivity index (χ1v) is 29.1. The quantitative estimate of drug-likeness (QED) is 0.0729. The van der Waals surface area contributed by atoms with Crippen LogP contribution in [0.4, 0.5) is 0 Å². The topological polar surface area (TPSA) is 78.4 Å². The van der Waals surface area contributed by atoms with E-state index in [0.29, 0.717) is 10.6 Å². The molecule has 0 aliphatic rings. The molecule has 0 aromatic heterocycles. The third-order valence-electron chi connectivity index (χ3n) is 8.70. The molecule has 1 radical (unpaired) electrons. The average Bonchev–Trinajstić information content (AvgIpc) is 3.20. The summed E-state index contributed by atoms with van der Waals surface area (Å²) in [5.41, 5.74) is 0. The van der Waals surface area contributed by atoms with Crippen LogP contribution in [0.15, 0.2) is 212 Å². The first-order valence-electron chi connectivity index (χ1n) is 17.2. The van der Waals surface area contributed by atoms with Crippen molar-refractivity contribution in [3.05, 3.63) is 246 Å². The van der Waals surface area contributed by atoms with Gasteiger partial charge in [0.05, 0.1) is 0 Å². The SMILES string of the molecule is [Au+3].[Au].[CH2-]P([CH2-])(I)(c1ccccc1)c1ccccc1.[CH2-]P([CH2-])(O[Cl+3]([O-])([O-])[O-])(c1ccccc1)c1ccccc1.[CH3-].c1ccc([As](c2ccccc2)c2ccccc2)cc1. The van der Waals surface area contributed by atoms with Crippen molar-refractivity contribution in [2.45, 2.75) is 0 Å². The molecule has 0 aliphatic carbocycles. The normalized spacial score (nSPS) is 12.4. The molecule has 0 saturated carbocycles. The summed E-state index contributed by atoms with van der Waals surface area (Å²) in [6.45, 7) is 12.7. The summed E-state index contributed by atoms with van der Waals surface area (Å²) in [6.07, 6.45) is 0. The minimum absolute atomic E-state index is 0. The fourth-order valence-electron chi connectivity index (χ4n) is 5.85. The van der Waals surface area contributed by atoms with Crippen LogP contribution >= 0.6 is 33.1 Å². The zero-order valence-corrected chi connectivity index (χ0v) is 42.8. The van der Waals surface area contributed by atoms with Gasteiger partial charge in [0.1, 0.15) is 0 Å². The number of rotatable bonds is 9. The molecule has 11 heteroatoms. The summed E-state index contributed by atoms with van der Waals surface area (Å²) < 4.78 is 40.3. The molecule has 0 fully saturated rings. The van der Waals surface area contributed by atoms with Crippen LogP contribution in [0.25, 0.3) is 0 Å². The van der Waals surface area contributed by atoms with Crippen LogP contribution in [0.1, 0.15) is 0 Å². The third kappa shape index (κ3) is 13.9. The molecule has 7 rings (SSSR count). The number of hydrogen-bond donors (Lipinski definition) is 0. The summed E-state index contributed by atoms with van der Waals surface area (Å²) in [6, 6.07) is 70.5. The summed E-state index contributed by atoms with van der Waals surface area (Å²) in [5.74, 6) is 0. The molecule has 0 amide bonds. The first kappa shape index (κ1) is 52.4. The maximum atomic E-state index is 11.1. The van der Waals surface area contributed by atoms with Gasteiger partial charge in [0.2, 0.25) is 0 Å². The van der Waals surface area contributed by atoms with Gasteiger partial charge < -0.3 is 7.43 Å². The molecule has 0 aliphatic heterocycles. The Morgan fingerprint density at radius 1 is 0.414 bits per heavy atom. The molecule has 0 atom stereocenters. The molecular weight excluding hydrogens is 1320 g/mol. The Kier molecular flexibility index (Phi) is 20.7. The van der Waals surface area contributed by atoms with Gasteiger partial charge >= 0.3 is 372 Å². The van der Waals surface area contributed by atoms with E-state index in [0.717, 1.165) is 0 Å². The fraction of sp³-hybridized carbons (Fsp3) is 0. The standard InChI is InChI=1S/C18H15As.C14H14ClO4P.C14H14IP.CH3.2Au/c1-4-10-16(11-5-1)19(17-12-6-2-7-13-17)18-14-8-3-9-15-18;1-20(2,19-15(16,17)18,13-9-5-3-6-10-13)14-11-7-4-8-12-14;1-16(2,15,13-9-5-3-6-10-13)14-11-7-4-8-12-14;;;/h1-15H;3-12H,1-2H2;3-12H,1-2H2;1H3;;/q;2*-2;-1;;+3. The second-order valence-electron chi connectivity index (χ2n) is 12.9. The van der Waals surface area contributed by atoms with Gasteiger partial charge in [0, 0.05) is 22.4 Å². The molecule has 0 saturated heterocycles. The van der Waals surface area contributed by atoms with Gasteiger partial charge in [-0.1, -0.05) is 0 Å². The summed E-state index contributed by atoms with van der Waals surface area (Å²) in [5, 5.41) is 3.44. The fourth-order valence-corrected chi connectivity index (χ4v) is 18.9. The molecule has 311 valence electrons. The van der Waals surface area contributed by atoms with Crippen molar-refractivity contribution >= 4 is 82.0 Å². The molecule has 0 heterocycles. The van der Waals surface area contributed by atoms with Crippen LogP contribution in [0.2, 0.25) is 0 Å². The predicted molar refractivity (Wildman–Crippen MR) is 245 cm³/mol. The average molecular weight is 1370 g/mol. The Morgan fingerprint density at radius 3 is 0.845 bits per heavy atom. The Balaban J connectivity index is 0.000000294. The Hall–Kier alpha value is -1.70. The summed E-state index contributed by atoms with van der Waals surface area (Å²) in [4.78, 5) is 0. The van der Waals surface area contributed by atoms with Crippen molar-refractivity contribution in [2.24, 2.45) is 0 Å². The van der Waals surface area contributed by atoms with Gasteiger partial charge in [-0.25, -0.2) is 0 Å². The second-order valence-corrected chi connectivity index (χ2v) is 33.5. The second kappa shape index (κ2) is 22.9. The van der Waals surface area contributed by atoms with Crippen LogP contribution in [-0.4, -0.2) is 14.7 Å². The van der Waals surface area contributed by atoms with E-state index in [9.17, 15) is 14.0 Å². The van der Waals surface area contributed by atoms with Crippen LogP contribution in [-0.2, 0) is 48.8 Å². The summed E-state index contributed by atoms with van der Waals surface area (Å²) >= 11 is 1.06. The van der Waals surface area contributed by atoms with Crippen molar-refractivity contribution in [3.8, 4) is 0 Å². The van der Waals surface area contributed by atoms with E-state index in [-0.39, 0.29) is 52.2 Å². The van der Waals surface area contributed by atoms with Crippen LogP contribution in [0.3, 0.4) is 0 Å². The van der Waals surface area contributed by atoms with E-state index in [1.165, 1.54) is 23.7 Å². The zero-order valence-electron chi connectivity index (χ0n) is 31.9. The van der Waals surface area contributed by atoms with Crippen molar-refractivity contribution in [2.75, 3.05) is 0 Å². The Bertz CT molecular complexity index is 2020. The summed E-state index contributed by atoms with van der Waals surface area (Å²) in [7, 11) is -4.66. The van der Waals surface area contributed by atoms with Gasteiger partial charge in [-0.15, -0.1) is 0 Å². The Morgan fingerprint density at radius 2 is 0.621 bits per heavy atom. The van der Waals surface area contributed by atoms with E-state index in [1.807, 2.05) is 12.1 Å². The van der Waals surface area contributed by atoms with E-state index in [4.69, 9.17) is 4.08 Å². The molecule has 0 N–H and O–H groups in total. The van der Waals surface area contributed by atoms with Gasteiger partial charge in [-0.05, 0) is 0 Å². The van der Waals surface area contributed by atoms with E-state index >= 15 is 0 Å². The van der Waals surface area contributed by atoms with Crippen molar-refractivity contribution in [1.29, 1.82) is 0 Å². The maximum absolute atomic E-state index is 11.1. The van der Waals surface area contributed by atoms with Crippen LogP contribution in [0.5, 0.6) is 0 Å². The van der Waals surface area contributed by atoms with Gasteiger partial charge in [0.15, 0.2) is 0 Å². The van der Waals surface area contributed by atoms with Crippen molar-refractivity contribution < 1.29 is 73.1 Å². The van der Waals surface area contributed by atoms with Gasteiger partial charge in [-0.2, -0.15) is 0 Å². The van der Waals surface area contributed by atoms with Gasteiger partial charge in [-0.3, -0.25) is 0 Å². The molecule has 7 aromatic rings. The van der Waals surface area contributed by atoms with E-state index in [1.54, 1.807) is 60.7 Å². The minimum atomic E-state index is -4.66. The molecular formula is C47H46AsAu2ClIO4P2-2. The van der Waals surface area contributed by atoms with Crippen LogP contribution < -0.4 is 48.2 Å². The molecule has 0 bridgehead atoms. The van der Waals surface area contributed by atoms with E-state index < -0.39 is 36.0 Å². The molecule has 0 spiro atoms. The predicted octanol–water partition coefficient (Wildman–Crippen LogP) is 6.37. The molecule has 0 unspecified atom stereocenters. The third-order valence-corrected chi connectivity index (χ3v) is 25.1. The number of hydrogen-bond acceptors (Lipinski definition) is 4. The number of halogens is 2. The van der Waals surface area contributed by atoms with Crippen molar-refractivity contribution in [1.82, 2.24) is 0 Å². The van der Waals surface area contributed by atoms with Crippen LogP contribution in [0, 0.1) is 44.3 Å². The number of benzene rings is 7. The van der Waals surface area contributed by atoms with Crippen molar-refractivity contribution in [3.63, 3.8) is 0 Å². The molecule has 7 aromatic carbocycles. The molecule has 4 nitrogen and oxygen atoms in total. The monoisotopic (exact) mass is 1370 g/mol. The van der Waals surface area contributed by atoms with Gasteiger partial charge in [0.25, 0.3) is 0 Å². The van der Waals surface area contributed by atoms with E-state index in [2.05, 4.69) is 188 Å². The molecule has 58 heavy (non-hydrogen) atoms.